The molecule has 0 spiro atoms. The fourth-order valence-electron chi connectivity index (χ4n) is 3.13. The molecule has 23 heavy (non-hydrogen) atoms. The van der Waals surface area contributed by atoms with Crippen LogP contribution in [0.4, 0.5) is 10.5 Å². The van der Waals surface area contributed by atoms with Gasteiger partial charge in [0.05, 0.1) is 6.04 Å². The second-order valence-electron chi connectivity index (χ2n) is 6.50. The summed E-state index contributed by atoms with van der Waals surface area (Å²) in [5.41, 5.74) is 7.29. The molecule has 2 aromatic rings. The van der Waals surface area contributed by atoms with E-state index in [9.17, 15) is 4.79 Å². The number of nitrogens with one attached hydrogen (secondary N) is 2. The molecule has 1 aliphatic rings. The van der Waals surface area contributed by atoms with E-state index in [2.05, 4.69) is 54.8 Å². The van der Waals surface area contributed by atoms with Crippen LogP contribution in [0.5, 0.6) is 0 Å². The molecule has 1 atom stereocenters. The molecule has 3 nitrogen and oxygen atoms in total. The van der Waals surface area contributed by atoms with Gasteiger partial charge >= 0.3 is 6.03 Å². The molecule has 0 aromatic heterocycles. The number of hydrogen-bond donors (Lipinski definition) is 2. The fraction of sp³-hybridized carbons (Fsp3) is 0.350. The van der Waals surface area contributed by atoms with Crippen LogP contribution in [-0.4, -0.2) is 6.03 Å². The van der Waals surface area contributed by atoms with Gasteiger partial charge in [0, 0.05) is 5.69 Å². The summed E-state index contributed by atoms with van der Waals surface area (Å²) in [4.78, 5) is 12.2. The molecular formula is C20H24N2O. The molecule has 2 amide bonds. The van der Waals surface area contributed by atoms with E-state index in [1.807, 2.05) is 13.0 Å². The Morgan fingerprint density at radius 1 is 1.00 bits per heavy atom. The summed E-state index contributed by atoms with van der Waals surface area (Å²) in [5, 5.41) is 5.96. The largest absolute Gasteiger partial charge is 0.331 e. The first-order valence-corrected chi connectivity index (χ1v) is 8.29. The second-order valence-corrected chi connectivity index (χ2v) is 6.50. The summed E-state index contributed by atoms with van der Waals surface area (Å²) in [7, 11) is 0. The Morgan fingerprint density at radius 2 is 1.78 bits per heavy atom. The monoisotopic (exact) mass is 308 g/mol. The van der Waals surface area contributed by atoms with Gasteiger partial charge in [-0.05, 0) is 80.0 Å². The Labute approximate surface area is 138 Å². The van der Waals surface area contributed by atoms with E-state index in [0.29, 0.717) is 0 Å². The van der Waals surface area contributed by atoms with Gasteiger partial charge in [-0.3, -0.25) is 0 Å². The van der Waals surface area contributed by atoms with Crippen molar-refractivity contribution in [1.82, 2.24) is 5.32 Å². The maximum absolute atomic E-state index is 12.2. The molecule has 3 heteroatoms. The number of fused-ring (bicyclic) bond motifs is 1. The van der Waals surface area contributed by atoms with Crippen LogP contribution in [0.25, 0.3) is 0 Å². The van der Waals surface area contributed by atoms with Crippen molar-refractivity contribution in [2.75, 3.05) is 5.32 Å². The molecule has 0 unspecified atom stereocenters. The zero-order valence-corrected chi connectivity index (χ0v) is 14.1. The van der Waals surface area contributed by atoms with Gasteiger partial charge in [-0.1, -0.05) is 24.3 Å². The first-order valence-electron chi connectivity index (χ1n) is 8.29. The van der Waals surface area contributed by atoms with Crippen molar-refractivity contribution in [2.45, 2.75) is 46.1 Å². The molecule has 2 aromatic carbocycles. The topological polar surface area (TPSA) is 41.1 Å². The number of anilines is 1. The molecule has 0 bridgehead atoms. The molecule has 120 valence electrons. The highest BCUT2D eigenvalue weighted by Crippen LogP contribution is 2.25. The molecule has 2 N–H and O–H groups in total. The van der Waals surface area contributed by atoms with E-state index in [-0.39, 0.29) is 12.1 Å². The first-order chi connectivity index (χ1) is 11.0. The van der Waals surface area contributed by atoms with Crippen LogP contribution in [0.3, 0.4) is 0 Å². The molecule has 0 heterocycles. The number of rotatable bonds is 3. The van der Waals surface area contributed by atoms with E-state index in [1.54, 1.807) is 0 Å². The number of aryl methyl sites for hydroxylation is 4. The van der Waals surface area contributed by atoms with Crippen molar-refractivity contribution in [2.24, 2.45) is 0 Å². The number of hydrogen-bond acceptors (Lipinski definition) is 1. The number of carbonyl (C=O) groups excluding carboxylic acids is 1. The maximum atomic E-state index is 12.2. The normalized spacial score (nSPS) is 14.2. The highest BCUT2D eigenvalue weighted by atomic mass is 16.2. The maximum Gasteiger partial charge on any atom is 0.319 e. The number of urea groups is 1. The van der Waals surface area contributed by atoms with Gasteiger partial charge in [0.15, 0.2) is 0 Å². The molecule has 0 saturated carbocycles. The van der Waals surface area contributed by atoms with Crippen LogP contribution < -0.4 is 10.6 Å². The molecule has 0 radical (unpaired) electrons. The predicted octanol–water partition coefficient (Wildman–Crippen LogP) is 4.67. The summed E-state index contributed by atoms with van der Waals surface area (Å²) in [5.74, 6) is 0. The molecular weight excluding hydrogens is 284 g/mol. The van der Waals surface area contributed by atoms with E-state index < -0.39 is 0 Å². The summed E-state index contributed by atoms with van der Waals surface area (Å²) < 4.78 is 0. The van der Waals surface area contributed by atoms with Crippen LogP contribution in [0.15, 0.2) is 36.4 Å². The van der Waals surface area contributed by atoms with E-state index in [1.165, 1.54) is 28.7 Å². The van der Waals surface area contributed by atoms with Crippen molar-refractivity contribution in [3.63, 3.8) is 0 Å². The molecule has 0 aliphatic heterocycles. The Hall–Kier alpha value is -2.29. The predicted molar refractivity (Wildman–Crippen MR) is 95.0 cm³/mol. The first kappa shape index (κ1) is 15.6. The van der Waals surface area contributed by atoms with E-state index in [4.69, 9.17) is 0 Å². The smallest absolute Gasteiger partial charge is 0.319 e. The number of carbonyl (C=O) groups is 1. The zero-order chi connectivity index (χ0) is 16.4. The number of amides is 2. The van der Waals surface area contributed by atoms with E-state index in [0.717, 1.165) is 24.1 Å². The number of benzene rings is 2. The third kappa shape index (κ3) is 3.55. The zero-order valence-electron chi connectivity index (χ0n) is 14.1. The van der Waals surface area contributed by atoms with Gasteiger partial charge in [-0.15, -0.1) is 0 Å². The van der Waals surface area contributed by atoms with Crippen molar-refractivity contribution < 1.29 is 4.79 Å². The third-order valence-corrected chi connectivity index (χ3v) is 4.73. The van der Waals surface area contributed by atoms with Crippen LogP contribution in [0, 0.1) is 13.8 Å². The third-order valence-electron chi connectivity index (χ3n) is 4.73. The summed E-state index contributed by atoms with van der Waals surface area (Å²) in [6, 6.07) is 12.3. The summed E-state index contributed by atoms with van der Waals surface area (Å²) in [6.45, 7) is 6.19. The van der Waals surface area contributed by atoms with Crippen molar-refractivity contribution in [3.8, 4) is 0 Å². The molecule has 3 rings (SSSR count). The lowest BCUT2D eigenvalue weighted by molar-refractivity contribution is 0.249. The minimum absolute atomic E-state index is 0.0243. The van der Waals surface area contributed by atoms with Crippen LogP contribution in [-0.2, 0) is 12.8 Å². The summed E-state index contributed by atoms with van der Waals surface area (Å²) in [6.07, 6.45) is 3.49. The van der Waals surface area contributed by atoms with Gasteiger partial charge in [-0.2, -0.15) is 0 Å². The highest BCUT2D eigenvalue weighted by molar-refractivity contribution is 5.89. The van der Waals surface area contributed by atoms with E-state index >= 15 is 0 Å². The summed E-state index contributed by atoms with van der Waals surface area (Å²) >= 11 is 0. The second kappa shape index (κ2) is 6.45. The Kier molecular flexibility index (Phi) is 4.37. The quantitative estimate of drug-likeness (QED) is 0.849. The van der Waals surface area contributed by atoms with Gasteiger partial charge in [-0.25, -0.2) is 4.79 Å². The van der Waals surface area contributed by atoms with Crippen molar-refractivity contribution >= 4 is 11.7 Å². The lowest BCUT2D eigenvalue weighted by Crippen LogP contribution is -2.31. The van der Waals surface area contributed by atoms with Gasteiger partial charge in [0.2, 0.25) is 0 Å². The minimum Gasteiger partial charge on any atom is -0.331 e. The Bertz CT molecular complexity index is 736. The van der Waals surface area contributed by atoms with Crippen LogP contribution in [0.1, 0.15) is 47.2 Å². The fourth-order valence-corrected chi connectivity index (χ4v) is 3.13. The molecule has 0 fully saturated rings. The Morgan fingerprint density at radius 3 is 2.57 bits per heavy atom. The lowest BCUT2D eigenvalue weighted by atomic mass is 10.0. The van der Waals surface area contributed by atoms with Gasteiger partial charge in [0.1, 0.15) is 0 Å². The average molecular weight is 308 g/mol. The van der Waals surface area contributed by atoms with Crippen LogP contribution >= 0.6 is 0 Å². The Balaban J connectivity index is 1.63. The highest BCUT2D eigenvalue weighted by Gasteiger charge is 2.13. The van der Waals surface area contributed by atoms with Crippen molar-refractivity contribution in [3.05, 3.63) is 64.2 Å². The minimum atomic E-state index is -0.159. The lowest BCUT2D eigenvalue weighted by Gasteiger charge is -2.16. The van der Waals surface area contributed by atoms with Gasteiger partial charge in [0.25, 0.3) is 0 Å². The van der Waals surface area contributed by atoms with Crippen LogP contribution in [0.2, 0.25) is 0 Å². The molecule has 0 saturated heterocycles. The SMILES string of the molecule is Cc1ccc([C@H](C)NC(=O)Nc2ccc3c(c2)CCC3)cc1C. The van der Waals surface area contributed by atoms with Crippen molar-refractivity contribution in [1.29, 1.82) is 0 Å². The molecule has 1 aliphatic carbocycles. The average Bonchev–Trinajstić information content (AvgIpc) is 2.97. The standard InChI is InChI=1S/C20H24N2O/c1-13-7-8-17(11-14(13)2)15(3)21-20(23)22-19-10-9-16-5-4-6-18(16)12-19/h7-12,15H,4-6H2,1-3H3,(H2,21,22,23)/t15-/m0/s1. The van der Waals surface area contributed by atoms with Gasteiger partial charge < -0.3 is 10.6 Å².